The molecule has 1 aliphatic heterocycles. The second-order valence-corrected chi connectivity index (χ2v) is 13.7. The number of fused-ring (bicyclic) bond motifs is 1. The van der Waals surface area contributed by atoms with Gasteiger partial charge in [-0.3, -0.25) is 9.48 Å². The lowest BCUT2D eigenvalue weighted by molar-refractivity contribution is -0.192. The number of nitrogens with one attached hydrogen (secondary N) is 2. The Bertz CT molecular complexity index is 1840. The van der Waals surface area contributed by atoms with Crippen molar-refractivity contribution in [2.45, 2.75) is 58.8 Å². The average Bonchev–Trinajstić information content (AvgIpc) is 3.60. The fraction of sp³-hybridized carbons (Fsp3) is 0.406. The molecular formula is C32H39F3N6O5S. The van der Waals surface area contributed by atoms with Gasteiger partial charge in [0.1, 0.15) is 0 Å². The number of primary amides is 1. The number of nitrogens with two attached hydrogens (primary N) is 1. The first-order valence-corrected chi connectivity index (χ1v) is 16.8. The number of halogens is 3. The van der Waals surface area contributed by atoms with Crippen LogP contribution in [0.5, 0.6) is 0 Å². The highest BCUT2D eigenvalue weighted by Gasteiger charge is 2.38. The number of aryl methyl sites for hydroxylation is 2. The van der Waals surface area contributed by atoms with Crippen LogP contribution in [-0.2, 0) is 27.9 Å². The highest BCUT2D eigenvalue weighted by Crippen LogP contribution is 2.37. The zero-order valence-electron chi connectivity index (χ0n) is 26.4. The summed E-state index contributed by atoms with van der Waals surface area (Å²) in [5.74, 6) is -2.92. The van der Waals surface area contributed by atoms with E-state index in [-0.39, 0.29) is 11.7 Å². The van der Waals surface area contributed by atoms with E-state index in [1.54, 1.807) is 11.2 Å². The van der Waals surface area contributed by atoms with Crippen molar-refractivity contribution in [3.63, 3.8) is 0 Å². The van der Waals surface area contributed by atoms with Crippen LogP contribution in [0.1, 0.15) is 58.6 Å². The summed E-state index contributed by atoms with van der Waals surface area (Å²) in [6.45, 7) is 9.08. The molecule has 1 fully saturated rings. The first-order chi connectivity index (χ1) is 22.1. The average molecular weight is 677 g/mol. The third-order valence-electron chi connectivity index (χ3n) is 8.17. The zero-order chi connectivity index (χ0) is 34.5. The summed E-state index contributed by atoms with van der Waals surface area (Å²) < 4.78 is 60.0. The monoisotopic (exact) mass is 676 g/mol. The molecule has 1 aliphatic rings. The lowest BCUT2D eigenvalue weighted by Crippen LogP contribution is -2.38. The largest absolute Gasteiger partial charge is 0.490 e. The number of rotatable bonds is 10. The van der Waals surface area contributed by atoms with Gasteiger partial charge in [0.15, 0.2) is 0 Å². The number of H-pyrrole nitrogens is 1. The number of aliphatic carboxylic acids is 1. The van der Waals surface area contributed by atoms with Crippen molar-refractivity contribution in [1.82, 2.24) is 24.4 Å². The minimum Gasteiger partial charge on any atom is -0.475 e. The van der Waals surface area contributed by atoms with Gasteiger partial charge in [-0.05, 0) is 86.1 Å². The SMILES string of the molecule is CCS(=O)(=O)N1CCC(c2c[nH]c3c(C(N)=O)cc(-c4cccc(CNCCn5nc(C)cc5C)c4)cc23)CC1.O=C(O)C(F)(F)F. The number of carbonyl (C=O) groups excluding carboxylic acids is 1. The molecule has 0 unspecified atom stereocenters. The summed E-state index contributed by atoms with van der Waals surface area (Å²) in [4.78, 5) is 24.6. The maximum absolute atomic E-state index is 12.5. The standard InChI is InChI=1S/C30H38N6O3S.C2HF3O2/c1-4-40(38,39)35-11-8-23(9-12-35)28-19-33-29-26(28)16-25(17-27(29)30(31)37)24-7-5-6-22(15-24)18-32-10-13-36-21(3)14-20(2)34-36;3-2(4,5)1(6)7/h5-7,14-17,19,23,32-33H,4,8-13,18H2,1-3H3,(H2,31,37);(H,6,7). The molecule has 3 heterocycles. The molecular weight excluding hydrogens is 637 g/mol. The number of carboxylic acid groups (broad SMARTS) is 1. The number of nitrogens with zero attached hydrogens (tertiary/aromatic N) is 3. The Morgan fingerprint density at radius 1 is 1.11 bits per heavy atom. The van der Waals surface area contributed by atoms with E-state index >= 15 is 0 Å². The van der Waals surface area contributed by atoms with Crippen LogP contribution < -0.4 is 11.1 Å². The molecule has 0 bridgehead atoms. The van der Waals surface area contributed by atoms with E-state index in [0.717, 1.165) is 70.5 Å². The molecule has 4 aromatic rings. The van der Waals surface area contributed by atoms with E-state index in [1.165, 1.54) is 0 Å². The number of hydrogen-bond acceptors (Lipinski definition) is 6. The molecule has 254 valence electrons. The van der Waals surface area contributed by atoms with Crippen LogP contribution in [0.3, 0.4) is 0 Å². The van der Waals surface area contributed by atoms with Gasteiger partial charge in [0.2, 0.25) is 10.0 Å². The maximum Gasteiger partial charge on any atom is 0.490 e. The van der Waals surface area contributed by atoms with E-state index in [2.05, 4.69) is 46.6 Å². The molecule has 5 N–H and O–H groups in total. The Kier molecular flexibility index (Phi) is 11.1. The van der Waals surface area contributed by atoms with E-state index in [4.69, 9.17) is 15.6 Å². The molecule has 2 aromatic heterocycles. The number of aromatic nitrogens is 3. The second kappa shape index (κ2) is 14.7. The molecule has 47 heavy (non-hydrogen) atoms. The number of alkyl halides is 3. The van der Waals surface area contributed by atoms with Gasteiger partial charge in [0, 0.05) is 43.5 Å². The summed E-state index contributed by atoms with van der Waals surface area (Å²) in [5.41, 5.74) is 13.4. The zero-order valence-corrected chi connectivity index (χ0v) is 27.2. The predicted molar refractivity (Wildman–Crippen MR) is 172 cm³/mol. The smallest absolute Gasteiger partial charge is 0.475 e. The maximum atomic E-state index is 12.5. The van der Waals surface area contributed by atoms with Crippen molar-refractivity contribution in [3.05, 3.63) is 76.7 Å². The molecule has 5 rings (SSSR count). The molecule has 0 aliphatic carbocycles. The van der Waals surface area contributed by atoms with E-state index in [9.17, 15) is 26.4 Å². The third kappa shape index (κ3) is 8.78. The number of carboxylic acids is 1. The van der Waals surface area contributed by atoms with Crippen LogP contribution in [0.4, 0.5) is 13.2 Å². The van der Waals surface area contributed by atoms with Crippen LogP contribution in [-0.4, -0.2) is 76.0 Å². The normalized spacial score (nSPS) is 14.6. The van der Waals surface area contributed by atoms with Crippen molar-refractivity contribution in [3.8, 4) is 11.1 Å². The first-order valence-electron chi connectivity index (χ1n) is 15.1. The van der Waals surface area contributed by atoms with Gasteiger partial charge in [-0.15, -0.1) is 0 Å². The molecule has 15 heteroatoms. The van der Waals surface area contributed by atoms with Gasteiger partial charge >= 0.3 is 12.1 Å². The van der Waals surface area contributed by atoms with Crippen molar-refractivity contribution in [1.29, 1.82) is 0 Å². The highest BCUT2D eigenvalue weighted by molar-refractivity contribution is 7.89. The molecule has 1 saturated heterocycles. The van der Waals surface area contributed by atoms with Crippen molar-refractivity contribution in [2.75, 3.05) is 25.4 Å². The van der Waals surface area contributed by atoms with Gasteiger partial charge in [-0.2, -0.15) is 18.3 Å². The molecule has 2 aromatic carbocycles. The molecule has 1 amide bonds. The summed E-state index contributed by atoms with van der Waals surface area (Å²) in [6.07, 6.45) is -1.65. The summed E-state index contributed by atoms with van der Waals surface area (Å²) >= 11 is 0. The third-order valence-corrected chi connectivity index (χ3v) is 10.1. The van der Waals surface area contributed by atoms with Gasteiger partial charge < -0.3 is 21.1 Å². The van der Waals surface area contributed by atoms with Crippen molar-refractivity contribution in [2.24, 2.45) is 5.73 Å². The van der Waals surface area contributed by atoms with Gasteiger partial charge in [-0.1, -0.05) is 18.2 Å². The fourth-order valence-corrected chi connectivity index (χ4v) is 6.89. The summed E-state index contributed by atoms with van der Waals surface area (Å²) in [7, 11) is -3.19. The van der Waals surface area contributed by atoms with E-state index in [1.807, 2.05) is 36.0 Å². The Morgan fingerprint density at radius 2 is 1.79 bits per heavy atom. The van der Waals surface area contributed by atoms with Crippen LogP contribution in [0.25, 0.3) is 22.0 Å². The Labute approximate surface area is 271 Å². The van der Waals surface area contributed by atoms with Crippen LogP contribution in [0, 0.1) is 13.8 Å². The quantitative estimate of drug-likeness (QED) is 0.177. The molecule has 0 spiro atoms. The Hall–Kier alpha value is -4.21. The van der Waals surface area contributed by atoms with Crippen molar-refractivity contribution >= 4 is 32.8 Å². The number of piperidine rings is 1. The number of sulfonamides is 1. The van der Waals surface area contributed by atoms with E-state index in [0.29, 0.717) is 25.2 Å². The lowest BCUT2D eigenvalue weighted by atomic mass is 9.88. The number of benzene rings is 2. The summed E-state index contributed by atoms with van der Waals surface area (Å²) in [6, 6.07) is 14.4. The number of amides is 1. The second-order valence-electron chi connectivity index (χ2n) is 11.5. The molecule has 11 nitrogen and oxygen atoms in total. The predicted octanol–water partition coefficient (Wildman–Crippen LogP) is 4.70. The van der Waals surface area contributed by atoms with Gasteiger partial charge in [0.05, 0.1) is 29.1 Å². The minimum atomic E-state index is -5.08. The Balaban J connectivity index is 0.000000644. The molecule has 0 saturated carbocycles. The van der Waals surface area contributed by atoms with E-state index < -0.39 is 28.1 Å². The minimum absolute atomic E-state index is 0.119. The van der Waals surface area contributed by atoms with Crippen LogP contribution >= 0.6 is 0 Å². The lowest BCUT2D eigenvalue weighted by Gasteiger charge is -2.31. The highest BCUT2D eigenvalue weighted by atomic mass is 32.2. The van der Waals surface area contributed by atoms with Crippen LogP contribution in [0.15, 0.2) is 48.7 Å². The van der Waals surface area contributed by atoms with Gasteiger partial charge in [0.25, 0.3) is 5.91 Å². The van der Waals surface area contributed by atoms with Crippen molar-refractivity contribution < 1.29 is 36.3 Å². The molecule has 0 radical (unpaired) electrons. The number of hydrogen-bond donors (Lipinski definition) is 4. The Morgan fingerprint density at radius 3 is 2.36 bits per heavy atom. The summed E-state index contributed by atoms with van der Waals surface area (Å²) in [5, 5.41) is 16.1. The number of carbonyl (C=O) groups is 2. The van der Waals surface area contributed by atoms with Gasteiger partial charge in [-0.25, -0.2) is 17.5 Å². The van der Waals surface area contributed by atoms with Crippen LogP contribution in [0.2, 0.25) is 0 Å². The molecule has 0 atom stereocenters. The topological polar surface area (TPSA) is 163 Å². The first kappa shape index (κ1) is 35.6. The fourth-order valence-electron chi connectivity index (χ4n) is 5.76. The number of aromatic amines is 1.